The van der Waals surface area contributed by atoms with Crippen LogP contribution in [0.15, 0.2) is 82.6 Å². The number of sulfonamides is 1. The molecule has 7 nitrogen and oxygen atoms in total. The average molecular weight is 432 g/mol. The fraction of sp³-hybridized carbons (Fsp3) is 0.100. The first-order valence-electron chi connectivity index (χ1n) is 8.68. The van der Waals surface area contributed by atoms with Gasteiger partial charge in [-0.25, -0.2) is 8.42 Å². The number of halogens is 1. The van der Waals surface area contributed by atoms with Crippen molar-refractivity contribution in [3.05, 3.63) is 88.3 Å². The Kier molecular flexibility index (Phi) is 6.36. The Hall–Kier alpha value is -3.10. The van der Waals surface area contributed by atoms with Gasteiger partial charge in [0.25, 0.3) is 15.6 Å². The van der Waals surface area contributed by atoms with Crippen molar-refractivity contribution in [1.29, 1.82) is 0 Å². The number of pyridine rings is 1. The summed E-state index contributed by atoms with van der Waals surface area (Å²) in [7, 11) is -3.89. The molecule has 3 rings (SSSR count). The van der Waals surface area contributed by atoms with Crippen LogP contribution in [0.2, 0.25) is 5.02 Å². The van der Waals surface area contributed by atoms with Crippen molar-refractivity contribution in [2.45, 2.75) is 17.9 Å². The molecule has 0 saturated heterocycles. The lowest BCUT2D eigenvalue weighted by atomic mass is 10.3. The largest absolute Gasteiger partial charge is 0.326 e. The molecule has 0 fully saturated rings. The number of aryl methyl sites for hydroxylation is 1. The number of benzene rings is 2. The molecule has 2 N–H and O–H groups in total. The Bertz CT molecular complexity index is 1190. The van der Waals surface area contributed by atoms with E-state index in [0.29, 0.717) is 5.69 Å². The zero-order valence-corrected chi connectivity index (χ0v) is 16.8. The smallest absolute Gasteiger partial charge is 0.262 e. The normalized spacial score (nSPS) is 11.1. The van der Waals surface area contributed by atoms with Crippen LogP contribution in [-0.2, 0) is 21.4 Å². The highest BCUT2D eigenvalue weighted by Crippen LogP contribution is 2.25. The monoisotopic (exact) mass is 431 g/mol. The van der Waals surface area contributed by atoms with Gasteiger partial charge in [0.05, 0.1) is 15.6 Å². The molecule has 29 heavy (non-hydrogen) atoms. The SMILES string of the molecule is O=C(CCn1ccccc1=O)Nc1cccc(S(=O)(=O)Nc2ccccc2Cl)c1. The predicted octanol–water partition coefficient (Wildman–Crippen LogP) is 3.33. The molecular weight excluding hydrogens is 414 g/mol. The van der Waals surface area contributed by atoms with E-state index in [1.54, 1.807) is 48.7 Å². The highest BCUT2D eigenvalue weighted by molar-refractivity contribution is 7.92. The van der Waals surface area contributed by atoms with Gasteiger partial charge in [-0.3, -0.25) is 14.3 Å². The van der Waals surface area contributed by atoms with Gasteiger partial charge in [-0.15, -0.1) is 0 Å². The quantitative estimate of drug-likeness (QED) is 0.599. The maximum Gasteiger partial charge on any atom is 0.262 e. The molecule has 0 aliphatic heterocycles. The van der Waals surface area contributed by atoms with Crippen molar-refractivity contribution in [3.63, 3.8) is 0 Å². The maximum absolute atomic E-state index is 12.6. The summed E-state index contributed by atoms with van der Waals surface area (Å²) in [4.78, 5) is 23.8. The molecule has 9 heteroatoms. The van der Waals surface area contributed by atoms with Gasteiger partial charge in [0.1, 0.15) is 0 Å². The predicted molar refractivity (Wildman–Crippen MR) is 113 cm³/mol. The van der Waals surface area contributed by atoms with Crippen LogP contribution >= 0.6 is 11.6 Å². The lowest BCUT2D eigenvalue weighted by Crippen LogP contribution is -2.22. The number of carbonyl (C=O) groups excluding carboxylic acids is 1. The molecule has 0 aliphatic carbocycles. The summed E-state index contributed by atoms with van der Waals surface area (Å²) < 4.78 is 29.1. The first kappa shape index (κ1) is 20.6. The summed E-state index contributed by atoms with van der Waals surface area (Å²) in [5, 5.41) is 2.92. The van der Waals surface area contributed by atoms with Crippen molar-refractivity contribution < 1.29 is 13.2 Å². The van der Waals surface area contributed by atoms with E-state index in [1.807, 2.05) is 0 Å². The van der Waals surface area contributed by atoms with Gasteiger partial charge in [-0.1, -0.05) is 35.9 Å². The molecule has 0 aliphatic rings. The van der Waals surface area contributed by atoms with Crippen LogP contribution < -0.4 is 15.6 Å². The number of aromatic nitrogens is 1. The van der Waals surface area contributed by atoms with E-state index in [9.17, 15) is 18.0 Å². The molecule has 1 heterocycles. The van der Waals surface area contributed by atoms with Gasteiger partial charge in [0.15, 0.2) is 0 Å². The Morgan fingerprint density at radius 3 is 2.52 bits per heavy atom. The van der Waals surface area contributed by atoms with Crippen LogP contribution in [0.5, 0.6) is 0 Å². The standard InChI is InChI=1S/C20H18ClN3O4S/c21-17-8-1-2-9-18(17)23-29(27,28)16-7-5-6-15(14-16)22-19(25)11-13-24-12-4-3-10-20(24)26/h1-10,12,14,23H,11,13H2,(H,22,25). The number of nitrogens with zero attached hydrogens (tertiary/aromatic N) is 1. The molecule has 1 aromatic heterocycles. The van der Waals surface area contributed by atoms with E-state index in [4.69, 9.17) is 11.6 Å². The van der Waals surface area contributed by atoms with Crippen molar-refractivity contribution in [2.75, 3.05) is 10.0 Å². The second kappa shape index (κ2) is 8.93. The molecule has 0 saturated carbocycles. The van der Waals surface area contributed by atoms with E-state index in [1.165, 1.54) is 28.8 Å². The minimum atomic E-state index is -3.89. The number of amides is 1. The lowest BCUT2D eigenvalue weighted by Gasteiger charge is -2.11. The Morgan fingerprint density at radius 1 is 1.00 bits per heavy atom. The van der Waals surface area contributed by atoms with E-state index >= 15 is 0 Å². The fourth-order valence-corrected chi connectivity index (χ4v) is 3.94. The summed E-state index contributed by atoms with van der Waals surface area (Å²) in [6.45, 7) is 0.220. The van der Waals surface area contributed by atoms with Crippen LogP contribution in [0, 0.1) is 0 Å². The minimum Gasteiger partial charge on any atom is -0.326 e. The zero-order valence-electron chi connectivity index (χ0n) is 15.2. The summed E-state index contributed by atoms with van der Waals surface area (Å²) in [6.07, 6.45) is 1.67. The zero-order chi connectivity index (χ0) is 20.9. The highest BCUT2D eigenvalue weighted by atomic mass is 35.5. The summed E-state index contributed by atoms with van der Waals surface area (Å²) in [6, 6.07) is 17.1. The van der Waals surface area contributed by atoms with E-state index in [-0.39, 0.29) is 40.0 Å². The minimum absolute atomic E-state index is 0.0190. The Balaban J connectivity index is 1.69. The Morgan fingerprint density at radius 2 is 1.76 bits per heavy atom. The number of rotatable bonds is 7. The van der Waals surface area contributed by atoms with Crippen LogP contribution in [0.4, 0.5) is 11.4 Å². The molecule has 0 bridgehead atoms. The molecule has 1 amide bonds. The third kappa shape index (κ3) is 5.46. The topological polar surface area (TPSA) is 97.3 Å². The van der Waals surface area contributed by atoms with Crippen LogP contribution in [0.1, 0.15) is 6.42 Å². The van der Waals surface area contributed by atoms with Gasteiger partial charge in [0, 0.05) is 30.9 Å². The summed E-state index contributed by atoms with van der Waals surface area (Å²) in [5.41, 5.74) is 0.397. The number of carbonyl (C=O) groups is 1. The number of hydrogen-bond donors (Lipinski definition) is 2. The number of para-hydroxylation sites is 1. The first-order chi connectivity index (χ1) is 13.8. The molecule has 2 aromatic carbocycles. The molecule has 0 radical (unpaired) electrons. The van der Waals surface area contributed by atoms with Gasteiger partial charge < -0.3 is 9.88 Å². The van der Waals surface area contributed by atoms with Crippen LogP contribution in [0.25, 0.3) is 0 Å². The fourth-order valence-electron chi connectivity index (χ4n) is 2.58. The van der Waals surface area contributed by atoms with Gasteiger partial charge in [-0.05, 0) is 36.4 Å². The van der Waals surface area contributed by atoms with Crippen molar-refractivity contribution >= 4 is 38.9 Å². The van der Waals surface area contributed by atoms with Crippen LogP contribution in [0.3, 0.4) is 0 Å². The number of nitrogens with one attached hydrogen (secondary N) is 2. The number of anilines is 2. The van der Waals surface area contributed by atoms with Crippen LogP contribution in [-0.4, -0.2) is 18.9 Å². The Labute approximate surface area is 173 Å². The third-order valence-electron chi connectivity index (χ3n) is 4.03. The van der Waals surface area contributed by atoms with E-state index in [2.05, 4.69) is 10.0 Å². The molecule has 0 atom stereocenters. The molecular formula is C20H18ClN3O4S. The second-order valence-corrected chi connectivity index (χ2v) is 8.23. The molecule has 0 unspecified atom stereocenters. The van der Waals surface area contributed by atoms with Gasteiger partial charge in [-0.2, -0.15) is 0 Å². The average Bonchev–Trinajstić information content (AvgIpc) is 2.69. The molecule has 150 valence electrons. The van der Waals surface area contributed by atoms with E-state index < -0.39 is 10.0 Å². The maximum atomic E-state index is 12.6. The first-order valence-corrected chi connectivity index (χ1v) is 10.5. The van der Waals surface area contributed by atoms with Crippen molar-refractivity contribution in [1.82, 2.24) is 4.57 Å². The highest BCUT2D eigenvalue weighted by Gasteiger charge is 2.16. The van der Waals surface area contributed by atoms with Crippen molar-refractivity contribution in [2.24, 2.45) is 0 Å². The summed E-state index contributed by atoms with van der Waals surface area (Å²) in [5.74, 6) is -0.339. The molecule has 0 spiro atoms. The van der Waals surface area contributed by atoms with Crippen molar-refractivity contribution in [3.8, 4) is 0 Å². The number of hydrogen-bond acceptors (Lipinski definition) is 4. The van der Waals surface area contributed by atoms with Gasteiger partial charge in [0.2, 0.25) is 5.91 Å². The second-order valence-electron chi connectivity index (χ2n) is 6.14. The molecule has 3 aromatic rings. The lowest BCUT2D eigenvalue weighted by molar-refractivity contribution is -0.116. The van der Waals surface area contributed by atoms with E-state index in [0.717, 1.165) is 0 Å². The third-order valence-corrected chi connectivity index (χ3v) is 5.72. The van der Waals surface area contributed by atoms with Gasteiger partial charge >= 0.3 is 0 Å². The summed E-state index contributed by atoms with van der Waals surface area (Å²) >= 11 is 6.01.